The van der Waals surface area contributed by atoms with Gasteiger partial charge in [0.25, 0.3) is 0 Å². The Morgan fingerprint density at radius 2 is 1.71 bits per heavy atom. The lowest BCUT2D eigenvalue weighted by Gasteiger charge is -2.33. The first kappa shape index (κ1) is 17.2. The molecule has 21 heavy (non-hydrogen) atoms. The van der Waals surface area contributed by atoms with E-state index in [0.29, 0.717) is 0 Å². The quantitative estimate of drug-likeness (QED) is 0.723. The Kier molecular flexibility index (Phi) is 7.48. The van der Waals surface area contributed by atoms with E-state index in [1.807, 2.05) is 0 Å². The van der Waals surface area contributed by atoms with E-state index >= 15 is 0 Å². The van der Waals surface area contributed by atoms with Crippen LogP contribution in [0.15, 0.2) is 0 Å². The van der Waals surface area contributed by atoms with Crippen LogP contribution in [0.4, 0.5) is 0 Å². The summed E-state index contributed by atoms with van der Waals surface area (Å²) >= 11 is 0. The topological polar surface area (TPSA) is 35.5 Å². The maximum absolute atomic E-state index is 10.3. The summed E-state index contributed by atoms with van der Waals surface area (Å²) in [7, 11) is 0. The monoisotopic (exact) mass is 296 g/mol. The van der Waals surface area contributed by atoms with E-state index in [1.165, 1.54) is 58.2 Å². The predicted octanol–water partition coefficient (Wildman–Crippen LogP) is 2.89. The van der Waals surface area contributed by atoms with E-state index in [4.69, 9.17) is 0 Å². The van der Waals surface area contributed by atoms with Crippen molar-refractivity contribution in [1.29, 1.82) is 0 Å². The van der Waals surface area contributed by atoms with Gasteiger partial charge in [-0.15, -0.1) is 0 Å². The number of nitrogens with one attached hydrogen (secondary N) is 1. The summed E-state index contributed by atoms with van der Waals surface area (Å²) in [5, 5.41) is 13.9. The minimum atomic E-state index is -0.0938. The molecular weight excluding hydrogens is 260 g/mol. The first-order valence-corrected chi connectivity index (χ1v) is 9.24. The van der Waals surface area contributed by atoms with Gasteiger partial charge in [0.15, 0.2) is 0 Å². The second-order valence-corrected chi connectivity index (χ2v) is 7.84. The van der Waals surface area contributed by atoms with Gasteiger partial charge in [0.2, 0.25) is 0 Å². The van der Waals surface area contributed by atoms with Gasteiger partial charge in [0, 0.05) is 6.54 Å². The molecule has 1 saturated carbocycles. The van der Waals surface area contributed by atoms with Gasteiger partial charge in [-0.05, 0) is 63.2 Å². The summed E-state index contributed by atoms with van der Waals surface area (Å²) in [6.45, 7) is 10.1. The maximum atomic E-state index is 10.3. The molecule has 1 unspecified atom stereocenters. The summed E-state index contributed by atoms with van der Waals surface area (Å²) in [4.78, 5) is 2.48. The molecule has 1 heterocycles. The van der Waals surface area contributed by atoms with E-state index < -0.39 is 0 Å². The van der Waals surface area contributed by atoms with Crippen molar-refractivity contribution in [3.63, 3.8) is 0 Å². The van der Waals surface area contributed by atoms with Crippen LogP contribution in [0.3, 0.4) is 0 Å². The molecule has 2 fully saturated rings. The molecule has 2 rings (SSSR count). The molecule has 2 aliphatic rings. The van der Waals surface area contributed by atoms with Crippen molar-refractivity contribution in [1.82, 2.24) is 10.2 Å². The number of rotatable bonds is 8. The molecule has 1 aliphatic heterocycles. The third-order valence-corrected chi connectivity index (χ3v) is 5.24. The Morgan fingerprint density at radius 1 is 1.05 bits per heavy atom. The minimum absolute atomic E-state index is 0.0938. The second kappa shape index (κ2) is 9.12. The van der Waals surface area contributed by atoms with Crippen molar-refractivity contribution in [2.24, 2.45) is 17.8 Å². The summed E-state index contributed by atoms with van der Waals surface area (Å²) in [6.07, 6.45) is 8.99. The second-order valence-electron chi connectivity index (χ2n) is 7.84. The Morgan fingerprint density at radius 3 is 2.33 bits per heavy atom. The van der Waals surface area contributed by atoms with Crippen LogP contribution in [0.1, 0.15) is 58.8 Å². The van der Waals surface area contributed by atoms with Gasteiger partial charge in [0.05, 0.1) is 6.10 Å². The normalized spacial score (nSPS) is 24.0. The van der Waals surface area contributed by atoms with E-state index in [2.05, 4.69) is 24.1 Å². The van der Waals surface area contributed by atoms with Crippen LogP contribution in [0, 0.1) is 17.8 Å². The highest BCUT2D eigenvalue weighted by Crippen LogP contribution is 2.29. The molecule has 3 nitrogen and oxygen atoms in total. The molecule has 124 valence electrons. The van der Waals surface area contributed by atoms with Gasteiger partial charge in [-0.25, -0.2) is 0 Å². The van der Waals surface area contributed by atoms with E-state index in [1.54, 1.807) is 0 Å². The molecule has 0 aromatic rings. The molecule has 0 aromatic heterocycles. The number of likely N-dealkylation sites (tertiary alicyclic amines) is 1. The minimum Gasteiger partial charge on any atom is -0.392 e. The fourth-order valence-electron chi connectivity index (χ4n) is 3.95. The SMILES string of the molecule is CC(C)CNCC1CCN(CC(O)CC2CCCC2)CC1. The first-order chi connectivity index (χ1) is 10.1. The molecule has 0 spiro atoms. The molecule has 1 aliphatic carbocycles. The van der Waals surface area contributed by atoms with E-state index in [9.17, 15) is 5.11 Å². The Balaban J connectivity index is 1.55. The average Bonchev–Trinajstić information content (AvgIpc) is 2.93. The lowest BCUT2D eigenvalue weighted by atomic mass is 9.95. The third-order valence-electron chi connectivity index (χ3n) is 5.24. The number of β-amino-alcohol motifs (C(OH)–C–C–N with tert-alkyl or cyclic N) is 1. The van der Waals surface area contributed by atoms with Crippen molar-refractivity contribution < 1.29 is 5.11 Å². The smallest absolute Gasteiger partial charge is 0.0669 e. The third kappa shape index (κ3) is 6.66. The molecule has 1 atom stereocenters. The van der Waals surface area contributed by atoms with Crippen LogP contribution in [-0.2, 0) is 0 Å². The van der Waals surface area contributed by atoms with Gasteiger partial charge in [-0.3, -0.25) is 0 Å². The fraction of sp³-hybridized carbons (Fsp3) is 1.00. The lowest BCUT2D eigenvalue weighted by Crippen LogP contribution is -2.41. The molecule has 0 radical (unpaired) electrons. The van der Waals surface area contributed by atoms with Gasteiger partial charge >= 0.3 is 0 Å². The van der Waals surface area contributed by atoms with Crippen molar-refractivity contribution in [2.75, 3.05) is 32.7 Å². The van der Waals surface area contributed by atoms with Crippen molar-refractivity contribution >= 4 is 0 Å². The molecular formula is C18H36N2O. The van der Waals surface area contributed by atoms with Crippen molar-refractivity contribution in [3.05, 3.63) is 0 Å². The highest BCUT2D eigenvalue weighted by atomic mass is 16.3. The average molecular weight is 296 g/mol. The van der Waals surface area contributed by atoms with Crippen LogP contribution in [0.25, 0.3) is 0 Å². The molecule has 3 heteroatoms. The molecule has 0 bridgehead atoms. The number of aliphatic hydroxyl groups excluding tert-OH is 1. The van der Waals surface area contributed by atoms with E-state index in [0.717, 1.165) is 37.3 Å². The van der Waals surface area contributed by atoms with Crippen LogP contribution < -0.4 is 5.32 Å². The highest BCUT2D eigenvalue weighted by molar-refractivity contribution is 4.78. The zero-order valence-electron chi connectivity index (χ0n) is 14.2. The van der Waals surface area contributed by atoms with Crippen LogP contribution in [0.2, 0.25) is 0 Å². The Bertz CT molecular complexity index is 268. The molecule has 1 saturated heterocycles. The fourth-order valence-corrected chi connectivity index (χ4v) is 3.95. The van der Waals surface area contributed by atoms with Crippen LogP contribution in [0.5, 0.6) is 0 Å². The standard InChI is InChI=1S/C18H36N2O/c1-15(2)12-19-13-17-7-9-20(10-8-17)14-18(21)11-16-5-3-4-6-16/h15-19,21H,3-14H2,1-2H3. The maximum Gasteiger partial charge on any atom is 0.0669 e. The molecule has 0 amide bonds. The number of hydrogen-bond acceptors (Lipinski definition) is 3. The Hall–Kier alpha value is -0.120. The predicted molar refractivity (Wildman–Crippen MR) is 89.5 cm³/mol. The van der Waals surface area contributed by atoms with Crippen molar-refractivity contribution in [2.45, 2.75) is 64.9 Å². The van der Waals surface area contributed by atoms with Gasteiger partial charge in [-0.1, -0.05) is 39.5 Å². The number of hydrogen-bond donors (Lipinski definition) is 2. The van der Waals surface area contributed by atoms with Gasteiger partial charge < -0.3 is 15.3 Å². The van der Waals surface area contributed by atoms with Crippen LogP contribution >= 0.6 is 0 Å². The highest BCUT2D eigenvalue weighted by Gasteiger charge is 2.23. The zero-order valence-corrected chi connectivity index (χ0v) is 14.2. The zero-order chi connectivity index (χ0) is 15.1. The summed E-state index contributed by atoms with van der Waals surface area (Å²) in [5.41, 5.74) is 0. The van der Waals surface area contributed by atoms with Crippen molar-refractivity contribution in [3.8, 4) is 0 Å². The first-order valence-electron chi connectivity index (χ1n) is 9.24. The molecule has 0 aromatic carbocycles. The number of nitrogens with zero attached hydrogens (tertiary/aromatic N) is 1. The summed E-state index contributed by atoms with van der Waals surface area (Å²) < 4.78 is 0. The summed E-state index contributed by atoms with van der Waals surface area (Å²) in [5.74, 6) is 2.39. The van der Waals surface area contributed by atoms with Gasteiger partial charge in [-0.2, -0.15) is 0 Å². The molecule has 2 N–H and O–H groups in total. The largest absolute Gasteiger partial charge is 0.392 e. The van der Waals surface area contributed by atoms with Crippen LogP contribution in [-0.4, -0.2) is 48.8 Å². The van der Waals surface area contributed by atoms with Gasteiger partial charge in [0.1, 0.15) is 0 Å². The summed E-state index contributed by atoms with van der Waals surface area (Å²) in [6, 6.07) is 0. The Labute approximate surface area is 131 Å². The number of piperidine rings is 1. The van der Waals surface area contributed by atoms with E-state index in [-0.39, 0.29) is 6.10 Å². The number of aliphatic hydroxyl groups is 1. The lowest BCUT2D eigenvalue weighted by molar-refractivity contribution is 0.0729.